The van der Waals surface area contributed by atoms with Crippen LogP contribution in [0.4, 0.5) is 4.39 Å². The summed E-state index contributed by atoms with van der Waals surface area (Å²) in [5.74, 6) is -2.51. The SMILES string of the molecule is CCOC(C)CNS(=O)(=O)c1ccc(F)c(C(=O)O)c1. The average molecular weight is 305 g/mol. The lowest BCUT2D eigenvalue weighted by Crippen LogP contribution is -2.32. The van der Waals surface area contributed by atoms with E-state index in [-0.39, 0.29) is 17.5 Å². The van der Waals surface area contributed by atoms with Crippen LogP contribution in [0.1, 0.15) is 24.2 Å². The molecule has 1 rings (SSSR count). The summed E-state index contributed by atoms with van der Waals surface area (Å²) >= 11 is 0. The number of sulfonamides is 1. The third-order valence-electron chi connectivity index (χ3n) is 2.49. The van der Waals surface area contributed by atoms with E-state index in [0.29, 0.717) is 6.61 Å². The van der Waals surface area contributed by atoms with Crippen molar-refractivity contribution in [3.63, 3.8) is 0 Å². The van der Waals surface area contributed by atoms with Crippen molar-refractivity contribution in [1.82, 2.24) is 4.72 Å². The monoisotopic (exact) mass is 305 g/mol. The lowest BCUT2D eigenvalue weighted by molar-refractivity contribution is 0.0691. The molecule has 0 bridgehead atoms. The van der Waals surface area contributed by atoms with Crippen LogP contribution in [-0.2, 0) is 14.8 Å². The molecule has 0 heterocycles. The minimum absolute atomic E-state index is 0.0377. The molecule has 112 valence electrons. The van der Waals surface area contributed by atoms with Crippen molar-refractivity contribution >= 4 is 16.0 Å². The summed E-state index contributed by atoms with van der Waals surface area (Å²) in [4.78, 5) is 10.5. The highest BCUT2D eigenvalue weighted by Gasteiger charge is 2.19. The number of benzene rings is 1. The average Bonchev–Trinajstić information content (AvgIpc) is 2.37. The Labute approximate surface area is 116 Å². The number of carboxylic acids is 1. The van der Waals surface area contributed by atoms with Gasteiger partial charge >= 0.3 is 5.97 Å². The largest absolute Gasteiger partial charge is 0.478 e. The Balaban J connectivity index is 2.93. The van der Waals surface area contributed by atoms with Gasteiger partial charge in [0, 0.05) is 13.2 Å². The lowest BCUT2D eigenvalue weighted by atomic mass is 10.2. The highest BCUT2D eigenvalue weighted by atomic mass is 32.2. The zero-order chi connectivity index (χ0) is 15.3. The fourth-order valence-corrected chi connectivity index (χ4v) is 2.63. The first-order valence-corrected chi connectivity index (χ1v) is 7.40. The molecule has 1 aromatic rings. The van der Waals surface area contributed by atoms with Gasteiger partial charge in [0.05, 0.1) is 16.6 Å². The van der Waals surface area contributed by atoms with E-state index < -0.39 is 27.4 Å². The Bertz CT molecular complexity index is 588. The summed E-state index contributed by atoms with van der Waals surface area (Å²) in [6, 6.07) is 2.60. The van der Waals surface area contributed by atoms with Gasteiger partial charge in [0.1, 0.15) is 5.82 Å². The maximum Gasteiger partial charge on any atom is 0.338 e. The molecule has 6 nitrogen and oxygen atoms in total. The highest BCUT2D eigenvalue weighted by molar-refractivity contribution is 7.89. The van der Waals surface area contributed by atoms with Crippen LogP contribution >= 0.6 is 0 Å². The molecule has 0 amide bonds. The fraction of sp³-hybridized carbons (Fsp3) is 0.417. The van der Waals surface area contributed by atoms with E-state index in [2.05, 4.69) is 4.72 Å². The van der Waals surface area contributed by atoms with E-state index in [1.165, 1.54) is 0 Å². The quantitative estimate of drug-likeness (QED) is 0.790. The first-order chi connectivity index (χ1) is 9.27. The molecule has 0 aliphatic heterocycles. The lowest BCUT2D eigenvalue weighted by Gasteiger charge is -2.13. The number of hydrogen-bond donors (Lipinski definition) is 2. The minimum atomic E-state index is -3.91. The molecule has 0 aromatic heterocycles. The van der Waals surface area contributed by atoms with Crippen LogP contribution < -0.4 is 4.72 Å². The Morgan fingerprint density at radius 2 is 2.15 bits per heavy atom. The van der Waals surface area contributed by atoms with Gasteiger partial charge in [0.15, 0.2) is 0 Å². The number of nitrogens with one attached hydrogen (secondary N) is 1. The summed E-state index contributed by atoms with van der Waals surface area (Å²) in [5.41, 5.74) is -0.689. The van der Waals surface area contributed by atoms with E-state index in [1.54, 1.807) is 13.8 Å². The van der Waals surface area contributed by atoms with Gasteiger partial charge in [-0.25, -0.2) is 22.3 Å². The predicted octanol–water partition coefficient (Wildman–Crippen LogP) is 1.23. The summed E-state index contributed by atoms with van der Waals surface area (Å²) in [6.07, 6.45) is -0.325. The van der Waals surface area contributed by atoms with Crippen LogP contribution in [0.2, 0.25) is 0 Å². The molecular weight excluding hydrogens is 289 g/mol. The number of aromatic carboxylic acids is 1. The smallest absolute Gasteiger partial charge is 0.338 e. The molecule has 0 aliphatic carbocycles. The van der Waals surface area contributed by atoms with Crippen LogP contribution in [0.15, 0.2) is 23.1 Å². The van der Waals surface area contributed by atoms with E-state index >= 15 is 0 Å². The zero-order valence-corrected chi connectivity index (χ0v) is 11.9. The zero-order valence-electron chi connectivity index (χ0n) is 11.1. The van der Waals surface area contributed by atoms with Crippen molar-refractivity contribution in [3.8, 4) is 0 Å². The van der Waals surface area contributed by atoms with Gasteiger partial charge in [0.2, 0.25) is 10.0 Å². The van der Waals surface area contributed by atoms with Gasteiger partial charge in [-0.2, -0.15) is 0 Å². The van der Waals surface area contributed by atoms with Crippen molar-refractivity contribution in [2.75, 3.05) is 13.2 Å². The molecule has 1 atom stereocenters. The van der Waals surface area contributed by atoms with Gasteiger partial charge in [-0.05, 0) is 32.0 Å². The molecular formula is C12H16FNO5S. The van der Waals surface area contributed by atoms with Gasteiger partial charge in [-0.15, -0.1) is 0 Å². The molecule has 0 saturated carbocycles. The van der Waals surface area contributed by atoms with Crippen molar-refractivity contribution < 1.29 is 27.4 Å². The summed E-state index contributed by atoms with van der Waals surface area (Å²) < 4.78 is 44.5. The number of rotatable bonds is 7. The van der Waals surface area contributed by atoms with E-state index in [4.69, 9.17) is 9.84 Å². The Morgan fingerprint density at radius 1 is 1.50 bits per heavy atom. The standard InChI is InChI=1S/C12H16FNO5S/c1-3-19-8(2)7-14-20(17,18)9-4-5-11(13)10(6-9)12(15)16/h4-6,8,14H,3,7H2,1-2H3,(H,15,16). The molecule has 0 radical (unpaired) electrons. The van der Waals surface area contributed by atoms with Crippen molar-refractivity contribution in [3.05, 3.63) is 29.6 Å². The van der Waals surface area contributed by atoms with Gasteiger partial charge < -0.3 is 9.84 Å². The Morgan fingerprint density at radius 3 is 2.70 bits per heavy atom. The normalized spacial score (nSPS) is 13.2. The highest BCUT2D eigenvalue weighted by Crippen LogP contribution is 2.15. The third-order valence-corrected chi connectivity index (χ3v) is 3.91. The van der Waals surface area contributed by atoms with Crippen LogP contribution in [0.5, 0.6) is 0 Å². The molecule has 0 fully saturated rings. The molecule has 1 unspecified atom stereocenters. The molecule has 8 heteroatoms. The number of ether oxygens (including phenoxy) is 1. The van der Waals surface area contributed by atoms with Gasteiger partial charge in [0.25, 0.3) is 0 Å². The predicted molar refractivity (Wildman–Crippen MR) is 69.6 cm³/mol. The van der Waals surface area contributed by atoms with Crippen molar-refractivity contribution in [2.45, 2.75) is 24.8 Å². The van der Waals surface area contributed by atoms with Crippen LogP contribution in [0, 0.1) is 5.82 Å². The van der Waals surface area contributed by atoms with Crippen molar-refractivity contribution in [2.24, 2.45) is 0 Å². The number of carbonyl (C=O) groups is 1. The van der Waals surface area contributed by atoms with Crippen LogP contribution in [0.3, 0.4) is 0 Å². The number of halogens is 1. The molecule has 2 N–H and O–H groups in total. The topological polar surface area (TPSA) is 92.7 Å². The maximum atomic E-state index is 13.2. The molecule has 1 aromatic carbocycles. The van der Waals surface area contributed by atoms with Crippen LogP contribution in [0.25, 0.3) is 0 Å². The third kappa shape index (κ3) is 4.26. The van der Waals surface area contributed by atoms with E-state index in [1.807, 2.05) is 0 Å². The molecule has 20 heavy (non-hydrogen) atoms. The summed E-state index contributed by atoms with van der Waals surface area (Å²) in [7, 11) is -3.91. The Kier molecular flexibility index (Phi) is 5.61. The number of hydrogen-bond acceptors (Lipinski definition) is 4. The number of carboxylic acid groups (broad SMARTS) is 1. The second-order valence-electron chi connectivity index (χ2n) is 4.06. The first kappa shape index (κ1) is 16.5. The summed E-state index contributed by atoms with van der Waals surface area (Å²) in [6.45, 7) is 3.96. The molecule has 0 aliphatic rings. The maximum absolute atomic E-state index is 13.2. The fourth-order valence-electron chi connectivity index (χ4n) is 1.49. The van der Waals surface area contributed by atoms with E-state index in [0.717, 1.165) is 18.2 Å². The molecule has 0 spiro atoms. The van der Waals surface area contributed by atoms with Crippen molar-refractivity contribution in [1.29, 1.82) is 0 Å². The second-order valence-corrected chi connectivity index (χ2v) is 5.83. The minimum Gasteiger partial charge on any atom is -0.478 e. The first-order valence-electron chi connectivity index (χ1n) is 5.92. The summed E-state index contributed by atoms with van der Waals surface area (Å²) in [5, 5.41) is 8.77. The van der Waals surface area contributed by atoms with Gasteiger partial charge in [-0.1, -0.05) is 0 Å². The van der Waals surface area contributed by atoms with Gasteiger partial charge in [-0.3, -0.25) is 0 Å². The Hall–Kier alpha value is -1.51. The van der Waals surface area contributed by atoms with Crippen LogP contribution in [-0.4, -0.2) is 38.7 Å². The second kappa shape index (κ2) is 6.78. The molecule has 0 saturated heterocycles. The van der Waals surface area contributed by atoms with E-state index in [9.17, 15) is 17.6 Å².